The number of para-hydroxylation sites is 1. The van der Waals surface area contributed by atoms with Crippen LogP contribution in [-0.4, -0.2) is 29.5 Å². The fourth-order valence-electron chi connectivity index (χ4n) is 1.80. The van der Waals surface area contributed by atoms with Crippen LogP contribution in [0.25, 0.3) is 0 Å². The molecule has 0 saturated carbocycles. The van der Waals surface area contributed by atoms with Crippen molar-refractivity contribution in [3.05, 3.63) is 47.3 Å². The molecule has 0 aliphatic heterocycles. The van der Waals surface area contributed by atoms with Gasteiger partial charge in [0.15, 0.2) is 0 Å². The Hall–Kier alpha value is -2.36. The SMILES string of the molecule is Cc1cc(CNCC(O)COc2ccccc2C#N)no1. The Balaban J connectivity index is 1.72. The van der Waals surface area contributed by atoms with Crippen molar-refractivity contribution in [2.24, 2.45) is 0 Å². The van der Waals surface area contributed by atoms with Crippen molar-refractivity contribution < 1.29 is 14.4 Å². The van der Waals surface area contributed by atoms with Crippen LogP contribution in [-0.2, 0) is 6.54 Å². The maximum Gasteiger partial charge on any atom is 0.137 e. The third kappa shape index (κ3) is 4.60. The predicted octanol–water partition coefficient (Wildman–Crippen LogP) is 1.38. The number of aliphatic hydroxyl groups is 1. The molecular weight excluding hydrogens is 270 g/mol. The summed E-state index contributed by atoms with van der Waals surface area (Å²) >= 11 is 0. The summed E-state index contributed by atoms with van der Waals surface area (Å²) in [7, 11) is 0. The second-order valence-corrected chi connectivity index (χ2v) is 4.63. The van der Waals surface area contributed by atoms with Crippen LogP contribution in [0.3, 0.4) is 0 Å². The molecule has 1 unspecified atom stereocenters. The largest absolute Gasteiger partial charge is 0.489 e. The van der Waals surface area contributed by atoms with Crippen LogP contribution in [0.5, 0.6) is 5.75 Å². The average Bonchev–Trinajstić information content (AvgIpc) is 2.91. The highest BCUT2D eigenvalue weighted by Gasteiger charge is 2.08. The summed E-state index contributed by atoms with van der Waals surface area (Å²) in [5.41, 5.74) is 1.24. The normalized spacial score (nSPS) is 11.9. The highest BCUT2D eigenvalue weighted by molar-refractivity contribution is 5.42. The third-order valence-corrected chi connectivity index (χ3v) is 2.80. The standard InChI is InChI=1S/C15H17N3O3/c1-11-6-13(18-21-11)8-17-9-14(19)10-20-15-5-3-2-4-12(15)7-16/h2-6,14,17,19H,8-10H2,1H3. The van der Waals surface area contributed by atoms with E-state index in [1.807, 2.05) is 19.1 Å². The Kier molecular flexibility index (Phi) is 5.32. The molecule has 2 N–H and O–H groups in total. The number of ether oxygens (including phenoxy) is 1. The second kappa shape index (κ2) is 7.43. The second-order valence-electron chi connectivity index (χ2n) is 4.63. The van der Waals surface area contributed by atoms with Crippen molar-refractivity contribution in [2.75, 3.05) is 13.2 Å². The van der Waals surface area contributed by atoms with E-state index in [0.29, 0.717) is 24.4 Å². The first-order chi connectivity index (χ1) is 10.2. The van der Waals surface area contributed by atoms with Gasteiger partial charge in [-0.3, -0.25) is 0 Å². The lowest BCUT2D eigenvalue weighted by atomic mass is 10.2. The van der Waals surface area contributed by atoms with Crippen LogP contribution in [0.1, 0.15) is 17.0 Å². The van der Waals surface area contributed by atoms with E-state index >= 15 is 0 Å². The zero-order valence-corrected chi connectivity index (χ0v) is 11.7. The monoisotopic (exact) mass is 287 g/mol. The number of rotatable bonds is 7. The summed E-state index contributed by atoms with van der Waals surface area (Å²) in [4.78, 5) is 0. The van der Waals surface area contributed by atoms with Crippen molar-refractivity contribution in [3.8, 4) is 11.8 Å². The maximum atomic E-state index is 9.84. The van der Waals surface area contributed by atoms with Gasteiger partial charge in [-0.05, 0) is 19.1 Å². The molecule has 0 saturated heterocycles. The number of hydrogen-bond donors (Lipinski definition) is 2. The maximum absolute atomic E-state index is 9.84. The number of aryl methyl sites for hydroxylation is 1. The molecule has 2 aromatic rings. The summed E-state index contributed by atoms with van der Waals surface area (Å²) in [6.45, 7) is 2.82. The van der Waals surface area contributed by atoms with Gasteiger partial charge in [0.05, 0.1) is 11.3 Å². The lowest BCUT2D eigenvalue weighted by Crippen LogP contribution is -2.31. The van der Waals surface area contributed by atoms with E-state index in [4.69, 9.17) is 14.5 Å². The number of nitrogens with one attached hydrogen (secondary N) is 1. The highest BCUT2D eigenvalue weighted by Crippen LogP contribution is 2.16. The van der Waals surface area contributed by atoms with E-state index < -0.39 is 6.10 Å². The van der Waals surface area contributed by atoms with Gasteiger partial charge in [0.25, 0.3) is 0 Å². The minimum absolute atomic E-state index is 0.115. The number of nitrogens with zero attached hydrogens (tertiary/aromatic N) is 2. The lowest BCUT2D eigenvalue weighted by molar-refractivity contribution is 0.106. The van der Waals surface area contributed by atoms with Crippen LogP contribution in [0.4, 0.5) is 0 Å². The van der Waals surface area contributed by atoms with Crippen molar-refractivity contribution in [1.29, 1.82) is 5.26 Å². The van der Waals surface area contributed by atoms with Gasteiger partial charge in [0, 0.05) is 19.2 Å². The molecule has 0 aliphatic carbocycles. The molecule has 0 spiro atoms. The molecule has 0 fully saturated rings. The zero-order chi connectivity index (χ0) is 15.1. The Morgan fingerprint density at radius 1 is 1.48 bits per heavy atom. The quantitative estimate of drug-likeness (QED) is 0.799. The molecule has 6 heteroatoms. The molecule has 6 nitrogen and oxygen atoms in total. The van der Waals surface area contributed by atoms with Gasteiger partial charge < -0.3 is 19.7 Å². The molecule has 1 aromatic carbocycles. The average molecular weight is 287 g/mol. The smallest absolute Gasteiger partial charge is 0.137 e. The van der Waals surface area contributed by atoms with Crippen LogP contribution in [0, 0.1) is 18.3 Å². The first-order valence-electron chi connectivity index (χ1n) is 6.62. The molecule has 1 atom stereocenters. The lowest BCUT2D eigenvalue weighted by Gasteiger charge is -2.13. The number of aliphatic hydroxyl groups excluding tert-OH is 1. The first-order valence-corrected chi connectivity index (χ1v) is 6.62. The van der Waals surface area contributed by atoms with E-state index in [1.54, 1.807) is 24.3 Å². The van der Waals surface area contributed by atoms with E-state index in [-0.39, 0.29) is 6.61 Å². The van der Waals surface area contributed by atoms with E-state index in [0.717, 1.165) is 11.5 Å². The fraction of sp³-hybridized carbons (Fsp3) is 0.333. The van der Waals surface area contributed by atoms with Gasteiger partial charge in [-0.25, -0.2) is 0 Å². The van der Waals surface area contributed by atoms with Gasteiger partial charge in [-0.2, -0.15) is 5.26 Å². The Bertz CT molecular complexity index is 619. The van der Waals surface area contributed by atoms with Crippen molar-refractivity contribution in [1.82, 2.24) is 10.5 Å². The summed E-state index contributed by atoms with van der Waals surface area (Å²) in [6, 6.07) is 10.8. The zero-order valence-electron chi connectivity index (χ0n) is 11.7. The fourth-order valence-corrected chi connectivity index (χ4v) is 1.80. The molecule has 2 rings (SSSR count). The molecule has 0 radical (unpaired) electrons. The Morgan fingerprint density at radius 2 is 2.29 bits per heavy atom. The van der Waals surface area contributed by atoms with Gasteiger partial charge in [-0.1, -0.05) is 17.3 Å². The summed E-state index contributed by atoms with van der Waals surface area (Å²) in [5.74, 6) is 1.23. The van der Waals surface area contributed by atoms with Gasteiger partial charge in [-0.15, -0.1) is 0 Å². The summed E-state index contributed by atoms with van der Waals surface area (Å²) in [5, 5.41) is 25.7. The minimum atomic E-state index is -0.676. The summed E-state index contributed by atoms with van der Waals surface area (Å²) in [6.07, 6.45) is -0.676. The van der Waals surface area contributed by atoms with Gasteiger partial charge >= 0.3 is 0 Å². The van der Waals surface area contributed by atoms with Crippen LogP contribution < -0.4 is 10.1 Å². The molecule has 0 aliphatic rings. The Labute approximate surface area is 122 Å². The number of nitriles is 1. The van der Waals surface area contributed by atoms with Crippen LogP contribution in [0.15, 0.2) is 34.9 Å². The van der Waals surface area contributed by atoms with Crippen molar-refractivity contribution in [2.45, 2.75) is 19.6 Å². The summed E-state index contributed by atoms with van der Waals surface area (Å²) < 4.78 is 10.4. The topological polar surface area (TPSA) is 91.3 Å². The molecule has 1 aromatic heterocycles. The van der Waals surface area contributed by atoms with Crippen molar-refractivity contribution in [3.63, 3.8) is 0 Å². The van der Waals surface area contributed by atoms with Crippen LogP contribution in [0.2, 0.25) is 0 Å². The first kappa shape index (κ1) is 15.0. The molecule has 21 heavy (non-hydrogen) atoms. The predicted molar refractivity (Wildman–Crippen MR) is 75.6 cm³/mol. The molecule has 0 bridgehead atoms. The van der Waals surface area contributed by atoms with E-state index in [9.17, 15) is 5.11 Å². The van der Waals surface area contributed by atoms with Crippen LogP contribution >= 0.6 is 0 Å². The van der Waals surface area contributed by atoms with E-state index in [1.165, 1.54) is 0 Å². The third-order valence-electron chi connectivity index (χ3n) is 2.80. The van der Waals surface area contributed by atoms with Gasteiger partial charge in [0.1, 0.15) is 30.3 Å². The minimum Gasteiger partial charge on any atom is -0.489 e. The van der Waals surface area contributed by atoms with Crippen molar-refractivity contribution >= 4 is 0 Å². The molecule has 0 amide bonds. The molecular formula is C15H17N3O3. The molecule has 110 valence electrons. The van der Waals surface area contributed by atoms with E-state index in [2.05, 4.69) is 10.5 Å². The highest BCUT2D eigenvalue weighted by atomic mass is 16.5. The number of aromatic nitrogens is 1. The molecule has 1 heterocycles. The Morgan fingerprint density at radius 3 is 3.00 bits per heavy atom. The van der Waals surface area contributed by atoms with Gasteiger partial charge in [0.2, 0.25) is 0 Å². The number of hydrogen-bond acceptors (Lipinski definition) is 6. The number of benzene rings is 1.